The molecule has 2 heterocycles. The maximum absolute atomic E-state index is 14.6. The number of halogens is 1. The molecule has 162 valence electrons. The van der Waals surface area contributed by atoms with Crippen LogP contribution in [-0.2, 0) is 21.4 Å². The summed E-state index contributed by atoms with van der Waals surface area (Å²) in [4.78, 5) is 8.85. The van der Waals surface area contributed by atoms with E-state index in [-0.39, 0.29) is 23.9 Å². The zero-order chi connectivity index (χ0) is 24.5. The summed E-state index contributed by atoms with van der Waals surface area (Å²) in [5.41, 5.74) is 7.14. The van der Waals surface area contributed by atoms with Crippen molar-refractivity contribution in [1.82, 2.24) is 4.98 Å². The van der Waals surface area contributed by atoms with E-state index in [9.17, 15) is 4.39 Å². The van der Waals surface area contributed by atoms with Crippen molar-refractivity contribution in [2.75, 3.05) is 0 Å². The van der Waals surface area contributed by atoms with Crippen LogP contribution in [0.5, 0.6) is 0 Å². The van der Waals surface area contributed by atoms with Gasteiger partial charge in [-0.15, -0.1) is 0 Å². The molecule has 4 atom stereocenters. The summed E-state index contributed by atoms with van der Waals surface area (Å²) >= 11 is 0. The van der Waals surface area contributed by atoms with Crippen LogP contribution in [0.25, 0.3) is 11.1 Å². The Bertz CT molecular complexity index is 1170. The predicted molar refractivity (Wildman–Crippen MR) is 132 cm³/mol. The number of hydrogen-bond donors (Lipinski definition) is 1. The van der Waals surface area contributed by atoms with Crippen molar-refractivity contribution in [3.63, 3.8) is 0 Å². The fourth-order valence-corrected chi connectivity index (χ4v) is 6.41. The molecule has 1 saturated carbocycles. The van der Waals surface area contributed by atoms with E-state index in [0.29, 0.717) is 36.8 Å². The maximum Gasteiger partial charge on any atom is 0.281 e. The van der Waals surface area contributed by atoms with Gasteiger partial charge in [0.05, 0.1) is 35.0 Å². The lowest BCUT2D eigenvalue weighted by atomic mass is 9.44. The van der Waals surface area contributed by atoms with E-state index >= 15 is 0 Å². The number of pyridine rings is 1. The molecular formula is C23H21B5FN3O2. The Labute approximate surface area is 205 Å². The van der Waals surface area contributed by atoms with Crippen LogP contribution in [0.15, 0.2) is 41.7 Å². The Hall–Kier alpha value is -2.15. The van der Waals surface area contributed by atoms with Gasteiger partial charge in [-0.3, -0.25) is 4.98 Å². The summed E-state index contributed by atoms with van der Waals surface area (Å²) in [6.07, 6.45) is 5.17. The van der Waals surface area contributed by atoms with Crippen LogP contribution in [0.4, 0.5) is 4.39 Å². The molecule has 2 N–H and O–H groups in total. The minimum Gasteiger partial charge on any atom is -0.476 e. The average molecular weight is 444 g/mol. The first-order chi connectivity index (χ1) is 15.9. The number of ether oxygens (including phenoxy) is 2. The van der Waals surface area contributed by atoms with Gasteiger partial charge in [0.25, 0.3) is 6.02 Å². The standard InChI is InChI=1S/C23H21B5FN3O2/c1-12-9-20(6-4-18(12)33-23(26,27)28)10-14-3-2-13(15-11-31-7-5-17(15)29)8-16(14)21(20)22(24,25)34-19(30)32-21/h2-3,5,7-8,11-12,18H,4,6,9-10H2,1H3,(H2,30,32)/t12-,18-,20-,21+/m1/s1. The van der Waals surface area contributed by atoms with Gasteiger partial charge in [-0.25, -0.2) is 9.38 Å². The van der Waals surface area contributed by atoms with Gasteiger partial charge in [0.1, 0.15) is 27.0 Å². The minimum atomic E-state index is -1.73. The van der Waals surface area contributed by atoms with Gasteiger partial charge in [0.2, 0.25) is 0 Å². The third kappa shape index (κ3) is 3.45. The van der Waals surface area contributed by atoms with Crippen molar-refractivity contribution < 1.29 is 13.9 Å². The van der Waals surface area contributed by atoms with Crippen molar-refractivity contribution in [2.45, 2.75) is 54.9 Å². The lowest BCUT2D eigenvalue weighted by Gasteiger charge is -2.54. The predicted octanol–water partition coefficient (Wildman–Crippen LogP) is 1.28. The normalized spacial score (nSPS) is 31.9. The van der Waals surface area contributed by atoms with E-state index in [2.05, 4.69) is 4.98 Å². The largest absolute Gasteiger partial charge is 0.476 e. The average Bonchev–Trinajstić information content (AvgIpc) is 3.14. The summed E-state index contributed by atoms with van der Waals surface area (Å²) in [5.74, 6) is -0.368. The SMILES string of the molecule is [B]C([B])([B])O[C@@H]1CC[C@]2(Cc3ccc(-c4cnccc4F)cc3[C@]23N=C(N)OC3([B])[B])C[C@H]1C. The Kier molecular flexibility index (Phi) is 5.33. The molecule has 1 aliphatic heterocycles. The highest BCUT2D eigenvalue weighted by molar-refractivity contribution is 6.58. The lowest BCUT2D eigenvalue weighted by Crippen LogP contribution is -2.60. The smallest absolute Gasteiger partial charge is 0.281 e. The van der Waals surface area contributed by atoms with Crippen molar-refractivity contribution in [3.8, 4) is 11.1 Å². The van der Waals surface area contributed by atoms with Crippen LogP contribution in [0, 0.1) is 17.2 Å². The molecule has 0 unspecified atom stereocenters. The zero-order valence-electron chi connectivity index (χ0n) is 19.0. The van der Waals surface area contributed by atoms with Crippen LogP contribution in [0.2, 0.25) is 0 Å². The maximum atomic E-state index is 14.6. The molecule has 5 nitrogen and oxygen atoms in total. The van der Waals surface area contributed by atoms with E-state index in [4.69, 9.17) is 59.4 Å². The number of fused-ring (bicyclic) bond motifs is 3. The van der Waals surface area contributed by atoms with Gasteiger partial charge in [-0.05, 0) is 65.7 Å². The second-order valence-electron chi connectivity index (χ2n) is 9.97. The monoisotopic (exact) mass is 445 g/mol. The van der Waals surface area contributed by atoms with E-state index < -0.39 is 21.7 Å². The fraction of sp³-hybridized carbons (Fsp3) is 0.478. The Morgan fingerprint density at radius 3 is 2.62 bits per heavy atom. The molecule has 11 heteroatoms. The zero-order valence-corrected chi connectivity index (χ0v) is 19.0. The van der Waals surface area contributed by atoms with Crippen molar-refractivity contribution in [2.24, 2.45) is 22.1 Å². The summed E-state index contributed by atoms with van der Waals surface area (Å²) in [6, 6.07) is 6.95. The van der Waals surface area contributed by atoms with E-state index in [1.54, 1.807) is 0 Å². The van der Waals surface area contributed by atoms with Crippen molar-refractivity contribution in [3.05, 3.63) is 53.6 Å². The van der Waals surface area contributed by atoms with Gasteiger partial charge < -0.3 is 15.2 Å². The minimum absolute atomic E-state index is 0.0121. The first-order valence-corrected chi connectivity index (χ1v) is 11.3. The molecule has 0 bridgehead atoms. The van der Waals surface area contributed by atoms with Gasteiger partial charge in [-0.1, -0.05) is 19.1 Å². The summed E-state index contributed by atoms with van der Waals surface area (Å²) in [6.45, 7) is 2.04. The summed E-state index contributed by atoms with van der Waals surface area (Å²) < 4.78 is 26.0. The second kappa shape index (κ2) is 7.68. The first kappa shape index (κ1) is 23.6. The molecule has 1 aromatic carbocycles. The Morgan fingerprint density at radius 1 is 1.24 bits per heavy atom. The van der Waals surface area contributed by atoms with Gasteiger partial charge >= 0.3 is 0 Å². The second-order valence-corrected chi connectivity index (χ2v) is 9.97. The highest BCUT2D eigenvalue weighted by atomic mass is 19.1. The number of nitrogens with zero attached hydrogens (tertiary/aromatic N) is 2. The molecule has 0 amide bonds. The number of nitrogens with two attached hydrogens (primary N) is 1. The third-order valence-electron chi connectivity index (χ3n) is 7.60. The third-order valence-corrected chi connectivity index (χ3v) is 7.60. The van der Waals surface area contributed by atoms with Crippen LogP contribution >= 0.6 is 0 Å². The molecule has 34 heavy (non-hydrogen) atoms. The quantitative estimate of drug-likeness (QED) is 0.725. The Morgan fingerprint density at radius 2 is 2.00 bits per heavy atom. The van der Waals surface area contributed by atoms with Crippen LogP contribution < -0.4 is 5.73 Å². The van der Waals surface area contributed by atoms with Crippen LogP contribution in [0.3, 0.4) is 0 Å². The van der Waals surface area contributed by atoms with E-state index in [1.807, 2.05) is 25.1 Å². The molecule has 2 spiro atoms. The molecule has 3 aliphatic rings. The number of aromatic nitrogens is 1. The van der Waals surface area contributed by atoms with Gasteiger partial charge in [0, 0.05) is 23.4 Å². The van der Waals surface area contributed by atoms with Gasteiger partial charge in [0.15, 0.2) is 0 Å². The van der Waals surface area contributed by atoms with Crippen LogP contribution in [0.1, 0.15) is 37.3 Å². The molecular weight excluding hydrogens is 423 g/mol. The molecule has 1 fully saturated rings. The Balaban J connectivity index is 1.63. The number of amidine groups is 1. The number of aliphatic imine (C=N–C) groups is 1. The highest BCUT2D eigenvalue weighted by Gasteiger charge is 2.68. The molecule has 1 aromatic heterocycles. The van der Waals surface area contributed by atoms with E-state index in [0.717, 1.165) is 11.1 Å². The van der Waals surface area contributed by atoms with Gasteiger partial charge in [-0.2, -0.15) is 0 Å². The fourth-order valence-electron chi connectivity index (χ4n) is 6.41. The topological polar surface area (TPSA) is 69.7 Å². The highest BCUT2D eigenvalue weighted by Crippen LogP contribution is 2.66. The molecule has 2 aromatic rings. The lowest BCUT2D eigenvalue weighted by molar-refractivity contribution is -0.0743. The summed E-state index contributed by atoms with van der Waals surface area (Å²) in [7, 11) is 30.3. The number of rotatable bonds is 3. The summed E-state index contributed by atoms with van der Waals surface area (Å²) in [5, 5.41) is -3.44. The molecule has 0 saturated heterocycles. The van der Waals surface area contributed by atoms with Crippen LogP contribution in [-0.4, -0.2) is 67.0 Å². The van der Waals surface area contributed by atoms with Crippen molar-refractivity contribution >= 4 is 45.3 Å². The number of hydrogen-bond acceptors (Lipinski definition) is 5. The molecule has 10 radical (unpaired) electrons. The van der Waals surface area contributed by atoms with E-state index in [1.165, 1.54) is 18.5 Å². The molecule has 2 aliphatic carbocycles. The van der Waals surface area contributed by atoms with Crippen molar-refractivity contribution in [1.29, 1.82) is 0 Å². The molecule has 5 rings (SSSR count). The number of benzene rings is 1. The first-order valence-electron chi connectivity index (χ1n) is 11.3.